The number of rotatable bonds is 2. The van der Waals surface area contributed by atoms with E-state index in [2.05, 4.69) is 0 Å². The molecule has 0 aromatic heterocycles. The van der Waals surface area contributed by atoms with Gasteiger partial charge in [0.2, 0.25) is 0 Å². The van der Waals surface area contributed by atoms with Crippen molar-refractivity contribution in [2.45, 2.75) is 13.0 Å². The first-order chi connectivity index (χ1) is 6.07. The van der Waals surface area contributed by atoms with Crippen LogP contribution in [-0.2, 0) is 0 Å². The molecule has 0 saturated carbocycles. The zero-order chi connectivity index (χ0) is 10.0. The average Bonchev–Trinajstić information content (AvgIpc) is 2.12. The molecule has 0 aliphatic rings. The maximum absolute atomic E-state index is 12.9. The molecule has 1 aromatic rings. The Bertz CT molecular complexity index is 315. The Balaban J connectivity index is 3.25. The molecule has 1 aromatic carbocycles. The van der Waals surface area contributed by atoms with E-state index in [0.717, 1.165) is 5.56 Å². The molecule has 0 bridgehead atoms. The monoisotopic (exact) mass is 184 g/mol. The van der Waals surface area contributed by atoms with Gasteiger partial charge in [-0.1, -0.05) is 6.07 Å². The van der Waals surface area contributed by atoms with E-state index in [4.69, 9.17) is 11.5 Å². The third-order valence-corrected chi connectivity index (χ3v) is 2.01. The average molecular weight is 184 g/mol. The van der Waals surface area contributed by atoms with E-state index in [1.54, 1.807) is 13.0 Å². The number of aryl methyl sites for hydroxylation is 1. The summed E-state index contributed by atoms with van der Waals surface area (Å²) in [7, 11) is 0. The summed E-state index contributed by atoms with van der Waals surface area (Å²) in [5.74, 6) is -1.05. The number of phenols is 1. The van der Waals surface area contributed by atoms with Gasteiger partial charge in [-0.15, -0.1) is 0 Å². The van der Waals surface area contributed by atoms with E-state index < -0.39 is 17.6 Å². The lowest BCUT2D eigenvalue weighted by Gasteiger charge is -2.14. The van der Waals surface area contributed by atoms with Crippen LogP contribution in [0.2, 0.25) is 0 Å². The van der Waals surface area contributed by atoms with Crippen LogP contribution in [-0.4, -0.2) is 11.7 Å². The molecule has 4 heteroatoms. The summed E-state index contributed by atoms with van der Waals surface area (Å²) in [6, 6.07) is 2.26. The van der Waals surface area contributed by atoms with Crippen molar-refractivity contribution in [3.05, 3.63) is 29.1 Å². The fourth-order valence-corrected chi connectivity index (χ4v) is 1.27. The second-order valence-electron chi connectivity index (χ2n) is 2.97. The predicted molar refractivity (Wildman–Crippen MR) is 48.8 cm³/mol. The first-order valence-electron chi connectivity index (χ1n) is 4.01. The van der Waals surface area contributed by atoms with Gasteiger partial charge < -0.3 is 16.6 Å². The summed E-state index contributed by atoms with van der Waals surface area (Å²) in [5, 5.41) is 9.37. The highest BCUT2D eigenvalue weighted by molar-refractivity contribution is 5.42. The molecule has 0 aliphatic carbocycles. The van der Waals surface area contributed by atoms with Gasteiger partial charge in [0.05, 0.1) is 0 Å². The minimum Gasteiger partial charge on any atom is -0.505 e. The number of aromatic hydroxyl groups is 1. The van der Waals surface area contributed by atoms with Crippen molar-refractivity contribution in [3.63, 3.8) is 0 Å². The van der Waals surface area contributed by atoms with Gasteiger partial charge >= 0.3 is 0 Å². The molecule has 0 heterocycles. The van der Waals surface area contributed by atoms with Gasteiger partial charge in [0.15, 0.2) is 11.6 Å². The van der Waals surface area contributed by atoms with Crippen LogP contribution in [0.5, 0.6) is 5.75 Å². The third kappa shape index (κ3) is 1.79. The van der Waals surface area contributed by atoms with Crippen LogP contribution in [0.4, 0.5) is 4.39 Å². The molecule has 3 nitrogen and oxygen atoms in total. The SMILES string of the molecule is Cc1ccc(F)c(O)c1[C@H](N)CN. The van der Waals surface area contributed by atoms with E-state index in [1.165, 1.54) is 6.07 Å². The molecule has 1 atom stereocenters. The molecule has 1 rings (SSSR count). The molecule has 5 N–H and O–H groups in total. The van der Waals surface area contributed by atoms with Crippen LogP contribution in [0.3, 0.4) is 0 Å². The van der Waals surface area contributed by atoms with Gasteiger partial charge in [-0.2, -0.15) is 0 Å². The van der Waals surface area contributed by atoms with Gasteiger partial charge in [-0.3, -0.25) is 0 Å². The Labute approximate surface area is 76.2 Å². The first kappa shape index (κ1) is 9.95. The van der Waals surface area contributed by atoms with Crippen LogP contribution in [0.15, 0.2) is 12.1 Å². The van der Waals surface area contributed by atoms with Gasteiger partial charge in [0.1, 0.15) is 0 Å². The number of halogens is 1. The van der Waals surface area contributed by atoms with E-state index in [0.29, 0.717) is 5.56 Å². The summed E-state index contributed by atoms with van der Waals surface area (Å²) in [6.45, 7) is 1.93. The number of phenolic OH excluding ortho intramolecular Hbond substituents is 1. The Hall–Kier alpha value is -1.13. The maximum Gasteiger partial charge on any atom is 0.165 e. The first-order valence-corrected chi connectivity index (χ1v) is 4.01. The zero-order valence-corrected chi connectivity index (χ0v) is 7.42. The summed E-state index contributed by atoms with van der Waals surface area (Å²) in [6.07, 6.45) is 0. The van der Waals surface area contributed by atoms with Crippen LogP contribution in [0.1, 0.15) is 17.2 Å². The predicted octanol–water partition coefficient (Wildman–Crippen LogP) is 0.798. The molecule has 0 radical (unpaired) electrons. The van der Waals surface area contributed by atoms with E-state index in [1.807, 2.05) is 0 Å². The molecule has 0 unspecified atom stereocenters. The lowest BCUT2D eigenvalue weighted by atomic mass is 10.0. The maximum atomic E-state index is 12.9. The van der Waals surface area contributed by atoms with Crippen LogP contribution in [0, 0.1) is 12.7 Å². The Kier molecular flexibility index (Phi) is 2.85. The van der Waals surface area contributed by atoms with E-state index >= 15 is 0 Å². The Morgan fingerprint density at radius 2 is 2.15 bits per heavy atom. The van der Waals surface area contributed by atoms with Crippen molar-refractivity contribution >= 4 is 0 Å². The van der Waals surface area contributed by atoms with Crippen molar-refractivity contribution in [1.82, 2.24) is 0 Å². The molecular weight excluding hydrogens is 171 g/mol. The summed E-state index contributed by atoms with van der Waals surface area (Å²) >= 11 is 0. The third-order valence-electron chi connectivity index (χ3n) is 2.01. The van der Waals surface area contributed by atoms with Gasteiger partial charge in [0, 0.05) is 18.2 Å². The van der Waals surface area contributed by atoms with Crippen molar-refractivity contribution < 1.29 is 9.50 Å². The molecule has 13 heavy (non-hydrogen) atoms. The zero-order valence-electron chi connectivity index (χ0n) is 7.42. The van der Waals surface area contributed by atoms with E-state index in [-0.39, 0.29) is 6.54 Å². The fraction of sp³-hybridized carbons (Fsp3) is 0.333. The van der Waals surface area contributed by atoms with Crippen molar-refractivity contribution in [3.8, 4) is 5.75 Å². The van der Waals surface area contributed by atoms with Crippen molar-refractivity contribution in [2.75, 3.05) is 6.54 Å². The summed E-state index contributed by atoms with van der Waals surface area (Å²) < 4.78 is 12.9. The Morgan fingerprint density at radius 3 is 2.69 bits per heavy atom. The summed E-state index contributed by atoms with van der Waals surface area (Å²) in [4.78, 5) is 0. The minimum atomic E-state index is -0.662. The van der Waals surface area contributed by atoms with Crippen LogP contribution < -0.4 is 11.5 Å². The molecule has 0 aliphatic heterocycles. The standard InChI is InChI=1S/C9H13FN2O/c1-5-2-3-6(10)9(13)8(5)7(12)4-11/h2-3,7,13H,4,11-12H2,1H3/t7-/m1/s1. The molecule has 0 spiro atoms. The molecule has 72 valence electrons. The minimum absolute atomic E-state index is 0.178. The smallest absolute Gasteiger partial charge is 0.165 e. The van der Waals surface area contributed by atoms with Crippen LogP contribution in [0.25, 0.3) is 0 Å². The highest BCUT2D eigenvalue weighted by atomic mass is 19.1. The largest absolute Gasteiger partial charge is 0.505 e. The number of hydrogen-bond donors (Lipinski definition) is 3. The molecule has 0 saturated heterocycles. The van der Waals surface area contributed by atoms with Crippen molar-refractivity contribution in [1.29, 1.82) is 0 Å². The molecular formula is C9H13FN2O. The van der Waals surface area contributed by atoms with Gasteiger partial charge in [0.25, 0.3) is 0 Å². The Morgan fingerprint density at radius 1 is 1.54 bits per heavy atom. The lowest BCUT2D eigenvalue weighted by Crippen LogP contribution is -2.22. The van der Waals surface area contributed by atoms with Gasteiger partial charge in [-0.05, 0) is 18.6 Å². The highest BCUT2D eigenvalue weighted by Crippen LogP contribution is 2.28. The fourth-order valence-electron chi connectivity index (χ4n) is 1.27. The normalized spacial score (nSPS) is 12.9. The number of hydrogen-bond acceptors (Lipinski definition) is 3. The summed E-state index contributed by atoms with van der Waals surface area (Å²) in [5.41, 5.74) is 12.1. The van der Waals surface area contributed by atoms with Gasteiger partial charge in [-0.25, -0.2) is 4.39 Å². The second kappa shape index (κ2) is 3.72. The lowest BCUT2D eigenvalue weighted by molar-refractivity contribution is 0.420. The number of nitrogens with two attached hydrogens (primary N) is 2. The second-order valence-corrected chi connectivity index (χ2v) is 2.97. The molecule has 0 fully saturated rings. The van der Waals surface area contributed by atoms with Crippen molar-refractivity contribution in [2.24, 2.45) is 11.5 Å². The van der Waals surface area contributed by atoms with E-state index in [9.17, 15) is 9.50 Å². The van der Waals surface area contributed by atoms with Crippen LogP contribution >= 0.6 is 0 Å². The highest BCUT2D eigenvalue weighted by Gasteiger charge is 2.15. The number of benzene rings is 1. The molecule has 0 amide bonds. The topological polar surface area (TPSA) is 72.3 Å². The quantitative estimate of drug-likeness (QED) is 0.636.